The molecule has 1 heterocycles. The number of carbonyl (C=O) groups excluding carboxylic acids is 2. The highest BCUT2D eigenvalue weighted by Gasteiger charge is 2.12. The zero-order chi connectivity index (χ0) is 13.8. The van der Waals surface area contributed by atoms with Gasteiger partial charge in [-0.15, -0.1) is 0 Å². The van der Waals surface area contributed by atoms with Crippen molar-refractivity contribution in [2.75, 3.05) is 5.32 Å². The van der Waals surface area contributed by atoms with Crippen molar-refractivity contribution in [2.24, 2.45) is 0 Å². The van der Waals surface area contributed by atoms with Gasteiger partial charge in [0.1, 0.15) is 0 Å². The molecule has 2 aromatic rings. The average Bonchev–Trinajstić information content (AvgIpc) is 2.64. The molecule has 2 aromatic carbocycles. The van der Waals surface area contributed by atoms with E-state index in [1.54, 1.807) is 18.2 Å². The Bertz CT molecular complexity index is 638. The van der Waals surface area contributed by atoms with Crippen molar-refractivity contribution in [2.45, 2.75) is 6.92 Å². The lowest BCUT2D eigenvalue weighted by molar-refractivity contribution is 0.103. The maximum absolute atomic E-state index is 10.8. The van der Waals surface area contributed by atoms with E-state index >= 15 is 0 Å². The fourth-order valence-corrected chi connectivity index (χ4v) is 1.95. The summed E-state index contributed by atoms with van der Waals surface area (Å²) in [6, 6.07) is 14.6. The largest absolute Gasteiger partial charge is 0.322 e. The van der Waals surface area contributed by atoms with Crippen molar-refractivity contribution in [1.29, 1.82) is 0 Å². The highest BCUT2D eigenvalue weighted by atomic mass is 35.5. The molecule has 19 heavy (non-hydrogen) atoms. The lowest BCUT2D eigenvalue weighted by Gasteiger charge is -1.96. The lowest BCUT2D eigenvalue weighted by atomic mass is 10.1. The van der Waals surface area contributed by atoms with Gasteiger partial charge in [0.25, 0.3) is 11.1 Å². The van der Waals surface area contributed by atoms with Gasteiger partial charge in [-0.1, -0.05) is 24.3 Å². The number of halogens is 1. The number of carbonyl (C=O) groups is 2. The summed E-state index contributed by atoms with van der Waals surface area (Å²) in [6.07, 6.45) is 0. The number of hydrogen-bond donors (Lipinski definition) is 1. The second kappa shape index (κ2) is 5.67. The zero-order valence-electron chi connectivity index (χ0n) is 10.3. The van der Waals surface area contributed by atoms with E-state index in [0.29, 0.717) is 5.56 Å². The van der Waals surface area contributed by atoms with E-state index in [-0.39, 0.29) is 5.91 Å². The van der Waals surface area contributed by atoms with Crippen molar-refractivity contribution in [3.05, 3.63) is 65.2 Å². The number of amides is 1. The third-order valence-corrected chi connectivity index (χ3v) is 2.94. The summed E-state index contributed by atoms with van der Waals surface area (Å²) in [5, 5.41) is 2.29. The molecule has 0 spiro atoms. The number of nitrogens with one attached hydrogen (secondary N) is 1. The molecule has 0 saturated carbocycles. The van der Waals surface area contributed by atoms with Crippen LogP contribution in [0.1, 0.15) is 26.3 Å². The van der Waals surface area contributed by atoms with Crippen LogP contribution in [0.25, 0.3) is 0 Å². The molecule has 0 fully saturated rings. The fourth-order valence-electron chi connectivity index (χ4n) is 1.73. The summed E-state index contributed by atoms with van der Waals surface area (Å²) in [7, 11) is 0. The lowest BCUT2D eigenvalue weighted by Crippen LogP contribution is -2.02. The molecular weight excluding hydrogens is 262 g/mol. The zero-order valence-corrected chi connectivity index (χ0v) is 11.1. The van der Waals surface area contributed by atoms with Crippen molar-refractivity contribution >= 4 is 28.4 Å². The van der Waals surface area contributed by atoms with Gasteiger partial charge in [-0.05, 0) is 48.4 Å². The standard InChI is InChI=1S/C8H7ClO.C7H5NO/c1-6-4-2-3-5-7(6)8(9)10;9-7-5-2-1-3-6(4-5)8-7/h2-5H,1H3;1-4H,(H,8,9). The summed E-state index contributed by atoms with van der Waals surface area (Å²) < 4.78 is 0. The third-order valence-electron chi connectivity index (χ3n) is 2.74. The van der Waals surface area contributed by atoms with E-state index in [0.717, 1.165) is 16.8 Å². The third kappa shape index (κ3) is 3.20. The maximum Gasteiger partial charge on any atom is 0.255 e. The summed E-state index contributed by atoms with van der Waals surface area (Å²) in [5.74, 6) is 0.00926. The minimum atomic E-state index is -0.391. The minimum Gasteiger partial charge on any atom is -0.322 e. The van der Waals surface area contributed by atoms with Crippen LogP contribution in [0, 0.1) is 6.92 Å². The fraction of sp³-hybridized carbons (Fsp3) is 0.0667. The molecule has 3 rings (SSSR count). The molecule has 0 saturated heterocycles. The smallest absolute Gasteiger partial charge is 0.255 e. The molecule has 2 bridgehead atoms. The first-order valence-corrected chi connectivity index (χ1v) is 6.12. The maximum atomic E-state index is 10.8. The Balaban J connectivity index is 0.000000141. The first-order valence-electron chi connectivity index (χ1n) is 5.75. The monoisotopic (exact) mass is 273 g/mol. The highest BCUT2D eigenvalue weighted by Crippen LogP contribution is 2.17. The van der Waals surface area contributed by atoms with E-state index in [1.165, 1.54) is 0 Å². The first-order chi connectivity index (χ1) is 9.08. The van der Waals surface area contributed by atoms with Gasteiger partial charge in [0, 0.05) is 16.8 Å². The van der Waals surface area contributed by atoms with E-state index in [9.17, 15) is 9.59 Å². The van der Waals surface area contributed by atoms with E-state index in [1.807, 2.05) is 37.3 Å². The Hall–Kier alpha value is -2.13. The number of hydrogen-bond acceptors (Lipinski definition) is 2. The summed E-state index contributed by atoms with van der Waals surface area (Å²) in [5.41, 5.74) is 3.16. The SMILES string of the molecule is Cc1ccccc1C(=O)Cl.O=C1Nc2cccc1c2. The van der Waals surface area contributed by atoms with Crippen molar-refractivity contribution in [3.8, 4) is 0 Å². The van der Waals surface area contributed by atoms with E-state index < -0.39 is 5.24 Å². The first kappa shape index (κ1) is 13.3. The van der Waals surface area contributed by atoms with Crippen molar-refractivity contribution in [1.82, 2.24) is 0 Å². The number of fused-ring (bicyclic) bond motifs is 2. The van der Waals surface area contributed by atoms with Crippen LogP contribution < -0.4 is 5.32 Å². The number of aryl methyl sites for hydroxylation is 1. The molecule has 1 aliphatic rings. The van der Waals surface area contributed by atoms with Crippen LogP contribution in [0.2, 0.25) is 0 Å². The Morgan fingerprint density at radius 2 is 1.84 bits per heavy atom. The molecule has 96 valence electrons. The van der Waals surface area contributed by atoms with Crippen LogP contribution in [0.5, 0.6) is 0 Å². The minimum absolute atomic E-state index is 0.00926. The number of benzene rings is 2. The number of anilines is 1. The normalized spacial score (nSPS) is 11.4. The molecule has 4 heteroatoms. The summed E-state index contributed by atoms with van der Waals surface area (Å²) in [4.78, 5) is 21.4. The van der Waals surface area contributed by atoms with Crippen LogP contribution in [0.3, 0.4) is 0 Å². The van der Waals surface area contributed by atoms with Crippen molar-refractivity contribution in [3.63, 3.8) is 0 Å². The van der Waals surface area contributed by atoms with E-state index in [4.69, 9.17) is 11.6 Å². The Morgan fingerprint density at radius 1 is 1.11 bits per heavy atom. The van der Waals surface area contributed by atoms with Gasteiger partial charge in [-0.25, -0.2) is 0 Å². The van der Waals surface area contributed by atoms with Crippen LogP contribution in [0.4, 0.5) is 5.69 Å². The molecule has 0 aromatic heterocycles. The molecule has 1 N–H and O–H groups in total. The van der Waals surface area contributed by atoms with Crippen LogP contribution in [0.15, 0.2) is 48.5 Å². The summed E-state index contributed by atoms with van der Waals surface area (Å²) >= 11 is 5.27. The molecule has 0 unspecified atom stereocenters. The van der Waals surface area contributed by atoms with Crippen LogP contribution >= 0.6 is 11.6 Å². The van der Waals surface area contributed by atoms with Gasteiger partial charge in [0.15, 0.2) is 0 Å². The van der Waals surface area contributed by atoms with Gasteiger partial charge in [0.2, 0.25) is 0 Å². The molecule has 0 atom stereocenters. The van der Waals surface area contributed by atoms with Crippen LogP contribution in [-0.4, -0.2) is 11.1 Å². The predicted octanol–water partition coefficient (Wildman–Crippen LogP) is 3.63. The van der Waals surface area contributed by atoms with Crippen LogP contribution in [-0.2, 0) is 0 Å². The molecule has 0 radical (unpaired) electrons. The summed E-state index contributed by atoms with van der Waals surface area (Å²) in [6.45, 7) is 1.86. The highest BCUT2D eigenvalue weighted by molar-refractivity contribution is 6.67. The topological polar surface area (TPSA) is 46.2 Å². The van der Waals surface area contributed by atoms with Gasteiger partial charge in [0.05, 0.1) is 0 Å². The number of rotatable bonds is 1. The van der Waals surface area contributed by atoms with Gasteiger partial charge in [-0.3, -0.25) is 9.59 Å². The average molecular weight is 274 g/mol. The quantitative estimate of drug-likeness (QED) is 0.807. The second-order valence-corrected chi connectivity index (χ2v) is 4.47. The molecule has 0 aliphatic carbocycles. The molecule has 3 nitrogen and oxygen atoms in total. The van der Waals surface area contributed by atoms with Gasteiger partial charge >= 0.3 is 0 Å². The van der Waals surface area contributed by atoms with Crippen molar-refractivity contribution < 1.29 is 9.59 Å². The predicted molar refractivity (Wildman–Crippen MR) is 75.8 cm³/mol. The molecule has 1 aliphatic heterocycles. The van der Waals surface area contributed by atoms with Gasteiger partial charge < -0.3 is 5.32 Å². The Morgan fingerprint density at radius 3 is 2.37 bits per heavy atom. The van der Waals surface area contributed by atoms with E-state index in [2.05, 4.69) is 5.32 Å². The Kier molecular flexibility index (Phi) is 3.97. The second-order valence-electron chi connectivity index (χ2n) is 4.12. The molecule has 1 amide bonds. The molecular formula is C15H12ClNO2. The Labute approximate surface area is 116 Å². The van der Waals surface area contributed by atoms with Gasteiger partial charge in [-0.2, -0.15) is 0 Å².